The molecule has 1 amide bonds. The first-order chi connectivity index (χ1) is 11.2. The van der Waals surface area contributed by atoms with E-state index in [4.69, 9.17) is 10.5 Å². The third kappa shape index (κ3) is 5.09. The van der Waals surface area contributed by atoms with E-state index in [2.05, 4.69) is 10.2 Å². The Morgan fingerprint density at radius 1 is 1.50 bits per heavy atom. The van der Waals surface area contributed by atoms with Gasteiger partial charge in [-0.05, 0) is 63.8 Å². The van der Waals surface area contributed by atoms with Crippen LogP contribution in [0.2, 0.25) is 0 Å². The van der Waals surface area contributed by atoms with Gasteiger partial charge in [-0.15, -0.1) is 0 Å². The molecule has 0 bridgehead atoms. The van der Waals surface area contributed by atoms with Gasteiger partial charge < -0.3 is 20.7 Å². The number of hydrogen-bond donors (Lipinski definition) is 2. The van der Waals surface area contributed by atoms with Crippen LogP contribution in [0.15, 0.2) is 18.2 Å². The van der Waals surface area contributed by atoms with Crippen LogP contribution >= 0.6 is 0 Å². The van der Waals surface area contributed by atoms with Crippen molar-refractivity contribution in [2.45, 2.75) is 45.8 Å². The molecule has 6 heteroatoms. The zero-order valence-electron chi connectivity index (χ0n) is 14.9. The smallest absolute Gasteiger partial charge is 0.407 e. The number of alkyl carbamates (subject to hydrolysis) is 1. The Hall–Kier alpha value is -1.82. The summed E-state index contributed by atoms with van der Waals surface area (Å²) in [4.78, 5) is 14.0. The number of carbonyl (C=O) groups excluding carboxylic acids is 1. The number of nitrogens with one attached hydrogen (secondary N) is 1. The van der Waals surface area contributed by atoms with E-state index in [1.54, 1.807) is 6.07 Å². The van der Waals surface area contributed by atoms with E-state index in [1.807, 2.05) is 27.7 Å². The van der Waals surface area contributed by atoms with Crippen LogP contribution in [0.4, 0.5) is 14.9 Å². The van der Waals surface area contributed by atoms with E-state index in [-0.39, 0.29) is 18.0 Å². The summed E-state index contributed by atoms with van der Waals surface area (Å²) in [6.07, 6.45) is 0.574. The highest BCUT2D eigenvalue weighted by molar-refractivity contribution is 5.67. The molecule has 1 aliphatic heterocycles. The fraction of sp³-hybridized carbons (Fsp3) is 0.611. The van der Waals surface area contributed by atoms with Gasteiger partial charge in [-0.1, -0.05) is 0 Å². The topological polar surface area (TPSA) is 67.6 Å². The molecule has 1 aromatic carbocycles. The number of amides is 1. The summed E-state index contributed by atoms with van der Waals surface area (Å²) in [5, 5.41) is 2.83. The van der Waals surface area contributed by atoms with Crippen molar-refractivity contribution < 1.29 is 13.9 Å². The number of anilines is 1. The van der Waals surface area contributed by atoms with Gasteiger partial charge in [-0.2, -0.15) is 0 Å². The number of carbonyl (C=O) groups is 1. The van der Waals surface area contributed by atoms with E-state index in [9.17, 15) is 9.18 Å². The standard InChI is InChI=1S/C18H28FN3O2/c1-12(20)15-9-14(19)5-6-16(15)22-8-7-13(11-22)10-21-17(23)24-18(2,3)4/h5-6,9,12-13H,7-8,10-11,20H2,1-4H3,(H,21,23)/t12?,13-/m1/s1. The van der Waals surface area contributed by atoms with Crippen LogP contribution < -0.4 is 16.0 Å². The van der Waals surface area contributed by atoms with Crippen LogP contribution in [0.1, 0.15) is 45.7 Å². The minimum atomic E-state index is -0.494. The lowest BCUT2D eigenvalue weighted by molar-refractivity contribution is 0.0520. The second kappa shape index (κ2) is 7.38. The van der Waals surface area contributed by atoms with E-state index in [0.717, 1.165) is 30.8 Å². The maximum atomic E-state index is 13.5. The molecular weight excluding hydrogens is 309 g/mol. The van der Waals surface area contributed by atoms with Crippen LogP contribution in [0.3, 0.4) is 0 Å². The highest BCUT2D eigenvalue weighted by Gasteiger charge is 2.26. The highest BCUT2D eigenvalue weighted by atomic mass is 19.1. The predicted octanol–water partition coefficient (Wildman–Crippen LogP) is 3.20. The van der Waals surface area contributed by atoms with Gasteiger partial charge in [0.05, 0.1) is 0 Å². The Kier molecular flexibility index (Phi) is 5.70. The molecule has 1 saturated heterocycles. The summed E-state index contributed by atoms with van der Waals surface area (Å²) in [5.41, 5.74) is 7.28. The number of nitrogens with zero attached hydrogens (tertiary/aromatic N) is 1. The SMILES string of the molecule is CC(N)c1cc(F)ccc1N1CC[C@H](CNC(=O)OC(C)(C)C)C1. The summed E-state index contributed by atoms with van der Waals surface area (Å²) >= 11 is 0. The zero-order valence-corrected chi connectivity index (χ0v) is 14.9. The van der Waals surface area contributed by atoms with Gasteiger partial charge in [-0.3, -0.25) is 0 Å². The second-order valence-corrected chi connectivity index (χ2v) is 7.48. The Bertz CT molecular complexity index is 584. The van der Waals surface area contributed by atoms with Crippen molar-refractivity contribution in [1.82, 2.24) is 5.32 Å². The number of halogens is 1. The molecule has 5 nitrogen and oxygen atoms in total. The quantitative estimate of drug-likeness (QED) is 0.885. The average molecular weight is 337 g/mol. The number of hydrogen-bond acceptors (Lipinski definition) is 4. The highest BCUT2D eigenvalue weighted by Crippen LogP contribution is 2.30. The molecule has 1 heterocycles. The van der Waals surface area contributed by atoms with E-state index in [1.165, 1.54) is 12.1 Å². The molecule has 2 atom stereocenters. The number of nitrogens with two attached hydrogens (primary N) is 1. The summed E-state index contributed by atoms with van der Waals surface area (Å²) in [5.74, 6) is 0.0666. The summed E-state index contributed by atoms with van der Waals surface area (Å²) in [6, 6.07) is 4.53. The maximum absolute atomic E-state index is 13.5. The molecule has 3 N–H and O–H groups in total. The molecule has 24 heavy (non-hydrogen) atoms. The van der Waals surface area contributed by atoms with Gasteiger partial charge in [0.1, 0.15) is 11.4 Å². The average Bonchev–Trinajstić information content (AvgIpc) is 2.92. The molecule has 1 fully saturated rings. The monoisotopic (exact) mass is 337 g/mol. The third-order valence-electron chi connectivity index (χ3n) is 4.04. The van der Waals surface area contributed by atoms with Crippen LogP contribution in [0.25, 0.3) is 0 Å². The summed E-state index contributed by atoms with van der Waals surface area (Å²) < 4.78 is 18.7. The van der Waals surface area contributed by atoms with Crippen molar-refractivity contribution in [3.8, 4) is 0 Å². The van der Waals surface area contributed by atoms with Crippen LogP contribution in [-0.4, -0.2) is 31.3 Å². The van der Waals surface area contributed by atoms with Gasteiger partial charge in [-0.25, -0.2) is 9.18 Å². The normalized spacial score (nSPS) is 19.2. The number of ether oxygens (including phenoxy) is 1. The Morgan fingerprint density at radius 3 is 2.83 bits per heavy atom. The fourth-order valence-corrected chi connectivity index (χ4v) is 2.94. The number of rotatable bonds is 4. The molecule has 0 spiro atoms. The lowest BCUT2D eigenvalue weighted by atomic mass is 10.1. The summed E-state index contributed by atoms with van der Waals surface area (Å²) in [6.45, 7) is 9.62. The van der Waals surface area contributed by atoms with Crippen molar-refractivity contribution in [3.05, 3.63) is 29.6 Å². The molecule has 0 aromatic heterocycles. The Balaban J connectivity index is 1.93. The van der Waals surface area contributed by atoms with Crippen molar-refractivity contribution >= 4 is 11.8 Å². The molecule has 2 rings (SSSR count). The minimum absolute atomic E-state index is 0.227. The fourth-order valence-electron chi connectivity index (χ4n) is 2.94. The molecule has 1 unspecified atom stereocenters. The van der Waals surface area contributed by atoms with E-state index >= 15 is 0 Å². The van der Waals surface area contributed by atoms with Gasteiger partial charge >= 0.3 is 6.09 Å². The lowest BCUT2D eigenvalue weighted by Gasteiger charge is -2.24. The molecule has 1 aromatic rings. The third-order valence-corrected chi connectivity index (χ3v) is 4.04. The van der Waals surface area contributed by atoms with Gasteiger partial charge in [0.15, 0.2) is 0 Å². The van der Waals surface area contributed by atoms with E-state index in [0.29, 0.717) is 12.5 Å². The van der Waals surface area contributed by atoms with Gasteiger partial charge in [0.25, 0.3) is 0 Å². The van der Waals surface area contributed by atoms with Crippen LogP contribution in [-0.2, 0) is 4.74 Å². The molecule has 0 aliphatic carbocycles. The first-order valence-electron chi connectivity index (χ1n) is 8.42. The molecule has 0 saturated carbocycles. The largest absolute Gasteiger partial charge is 0.444 e. The van der Waals surface area contributed by atoms with Crippen LogP contribution in [0.5, 0.6) is 0 Å². The van der Waals surface area contributed by atoms with Crippen molar-refractivity contribution in [3.63, 3.8) is 0 Å². The van der Waals surface area contributed by atoms with Gasteiger partial charge in [0, 0.05) is 31.4 Å². The Labute approximate surface area is 143 Å². The molecule has 0 radical (unpaired) electrons. The van der Waals surface area contributed by atoms with Gasteiger partial charge in [0.2, 0.25) is 0 Å². The van der Waals surface area contributed by atoms with Crippen LogP contribution in [0, 0.1) is 11.7 Å². The second-order valence-electron chi connectivity index (χ2n) is 7.48. The first kappa shape index (κ1) is 18.5. The van der Waals surface area contributed by atoms with Crippen molar-refractivity contribution in [1.29, 1.82) is 0 Å². The molecular formula is C18H28FN3O2. The van der Waals surface area contributed by atoms with Crippen molar-refractivity contribution in [2.24, 2.45) is 11.7 Å². The zero-order chi connectivity index (χ0) is 17.9. The predicted molar refractivity (Wildman–Crippen MR) is 93.6 cm³/mol. The maximum Gasteiger partial charge on any atom is 0.407 e. The lowest BCUT2D eigenvalue weighted by Crippen LogP contribution is -2.36. The Morgan fingerprint density at radius 2 is 2.21 bits per heavy atom. The molecule has 134 valence electrons. The number of benzene rings is 1. The minimum Gasteiger partial charge on any atom is -0.444 e. The molecule has 1 aliphatic rings. The van der Waals surface area contributed by atoms with Crippen molar-refractivity contribution in [2.75, 3.05) is 24.5 Å². The van der Waals surface area contributed by atoms with E-state index < -0.39 is 5.60 Å². The first-order valence-corrected chi connectivity index (χ1v) is 8.42. The summed E-state index contributed by atoms with van der Waals surface area (Å²) in [7, 11) is 0.